The summed E-state index contributed by atoms with van der Waals surface area (Å²) in [4.78, 5) is 13.7. The molecule has 0 amide bonds. The summed E-state index contributed by atoms with van der Waals surface area (Å²) < 4.78 is 5.79. The smallest absolute Gasteiger partial charge is 0.179 e. The van der Waals surface area contributed by atoms with E-state index in [9.17, 15) is 0 Å². The van der Waals surface area contributed by atoms with Gasteiger partial charge in [0.1, 0.15) is 16.8 Å². The largest absolute Gasteiger partial charge is 0.453 e. The fourth-order valence-electron chi connectivity index (χ4n) is 2.92. The molecule has 5 rings (SSSR count). The Kier molecular flexibility index (Phi) is 2.46. The molecule has 0 aliphatic rings. The molecule has 5 aromatic rings. The highest BCUT2D eigenvalue weighted by Gasteiger charge is 2.13. The molecule has 0 aliphatic carbocycles. The average molecular weight is 297 g/mol. The van der Waals surface area contributed by atoms with Crippen LogP contribution in [0.3, 0.4) is 0 Å². The second-order valence-electron chi connectivity index (χ2n) is 5.39. The van der Waals surface area contributed by atoms with E-state index in [1.807, 2.05) is 48.5 Å². The van der Waals surface area contributed by atoms with E-state index in [4.69, 9.17) is 9.40 Å². The highest BCUT2D eigenvalue weighted by atomic mass is 16.3. The van der Waals surface area contributed by atoms with E-state index in [1.165, 1.54) is 0 Å². The lowest BCUT2D eigenvalue weighted by molar-refractivity contribution is 0.666. The minimum atomic E-state index is 0.612. The number of furan rings is 1. The van der Waals surface area contributed by atoms with Crippen LogP contribution in [0.4, 0.5) is 0 Å². The van der Waals surface area contributed by atoms with Gasteiger partial charge >= 0.3 is 0 Å². The number of aromatic nitrogens is 3. The SMILES string of the molecule is c1ccc2c(-c3ncc4oc5ccccc5c4n3)nccc2c1. The average Bonchev–Trinajstić information content (AvgIpc) is 2.99. The van der Waals surface area contributed by atoms with Crippen LogP contribution in [-0.2, 0) is 0 Å². The molecule has 23 heavy (non-hydrogen) atoms. The molecule has 0 unspecified atom stereocenters. The van der Waals surface area contributed by atoms with Gasteiger partial charge in [-0.15, -0.1) is 0 Å². The summed E-state index contributed by atoms with van der Waals surface area (Å²) in [5.74, 6) is 0.612. The lowest BCUT2D eigenvalue weighted by Crippen LogP contribution is -1.92. The van der Waals surface area contributed by atoms with Crippen molar-refractivity contribution in [1.29, 1.82) is 0 Å². The first-order valence-corrected chi connectivity index (χ1v) is 7.38. The Bertz CT molecular complexity index is 1170. The molecule has 108 valence electrons. The summed E-state index contributed by atoms with van der Waals surface area (Å²) in [5, 5.41) is 3.16. The highest BCUT2D eigenvalue weighted by molar-refractivity contribution is 6.03. The molecule has 0 atom stereocenters. The molecule has 3 aromatic heterocycles. The number of fused-ring (bicyclic) bond motifs is 4. The van der Waals surface area contributed by atoms with Gasteiger partial charge in [0.15, 0.2) is 11.4 Å². The first-order chi connectivity index (χ1) is 11.4. The molecule has 3 heterocycles. The van der Waals surface area contributed by atoms with E-state index in [1.54, 1.807) is 12.4 Å². The molecule has 0 aliphatic heterocycles. The maximum atomic E-state index is 5.79. The van der Waals surface area contributed by atoms with Gasteiger partial charge in [0, 0.05) is 17.0 Å². The van der Waals surface area contributed by atoms with E-state index < -0.39 is 0 Å². The standard InChI is InChI=1S/C19H11N3O/c1-2-6-13-12(5-1)9-10-20-18(13)19-21-11-16-17(22-19)14-7-3-4-8-15(14)23-16/h1-11H. The number of hydrogen-bond acceptors (Lipinski definition) is 4. The van der Waals surface area contributed by atoms with Gasteiger partial charge in [0.2, 0.25) is 0 Å². The molecular formula is C19H11N3O. The van der Waals surface area contributed by atoms with Crippen molar-refractivity contribution in [1.82, 2.24) is 15.0 Å². The topological polar surface area (TPSA) is 51.8 Å². The van der Waals surface area contributed by atoms with E-state index >= 15 is 0 Å². The minimum absolute atomic E-state index is 0.612. The summed E-state index contributed by atoms with van der Waals surface area (Å²) in [6.45, 7) is 0. The first-order valence-electron chi connectivity index (χ1n) is 7.38. The third kappa shape index (κ3) is 1.82. The molecule has 4 nitrogen and oxygen atoms in total. The van der Waals surface area contributed by atoms with Gasteiger partial charge in [-0.3, -0.25) is 4.98 Å². The van der Waals surface area contributed by atoms with Crippen molar-refractivity contribution in [3.05, 3.63) is 67.0 Å². The lowest BCUT2D eigenvalue weighted by Gasteiger charge is -2.04. The Hall–Kier alpha value is -3.27. The van der Waals surface area contributed by atoms with Crippen molar-refractivity contribution < 1.29 is 4.42 Å². The van der Waals surface area contributed by atoms with Crippen molar-refractivity contribution in [2.45, 2.75) is 0 Å². The Labute approximate surface area is 131 Å². The second kappa shape index (κ2) is 4.61. The molecule has 0 saturated carbocycles. The number of para-hydroxylation sites is 1. The van der Waals surface area contributed by atoms with Crippen LogP contribution in [0.25, 0.3) is 44.4 Å². The molecule has 0 N–H and O–H groups in total. The molecule has 0 radical (unpaired) electrons. The van der Waals surface area contributed by atoms with Crippen LogP contribution in [0.2, 0.25) is 0 Å². The third-order valence-corrected chi connectivity index (χ3v) is 4.00. The maximum Gasteiger partial charge on any atom is 0.179 e. The van der Waals surface area contributed by atoms with Gasteiger partial charge < -0.3 is 4.42 Å². The fraction of sp³-hybridized carbons (Fsp3) is 0. The van der Waals surface area contributed by atoms with E-state index in [0.29, 0.717) is 11.4 Å². The van der Waals surface area contributed by atoms with Gasteiger partial charge in [-0.05, 0) is 23.6 Å². The predicted octanol–water partition coefficient (Wildman–Crippen LogP) is 4.59. The van der Waals surface area contributed by atoms with E-state index in [2.05, 4.69) is 16.0 Å². The maximum absolute atomic E-state index is 5.79. The molecule has 0 spiro atoms. The quantitative estimate of drug-likeness (QED) is 0.454. The van der Waals surface area contributed by atoms with Crippen molar-refractivity contribution in [3.63, 3.8) is 0 Å². The van der Waals surface area contributed by atoms with Gasteiger partial charge in [-0.2, -0.15) is 0 Å². The van der Waals surface area contributed by atoms with Crippen LogP contribution in [0.15, 0.2) is 71.4 Å². The van der Waals surface area contributed by atoms with Gasteiger partial charge in [-0.25, -0.2) is 9.97 Å². The minimum Gasteiger partial charge on any atom is -0.453 e. The van der Waals surface area contributed by atoms with Crippen molar-refractivity contribution >= 4 is 32.8 Å². The summed E-state index contributed by atoms with van der Waals surface area (Å²) in [7, 11) is 0. The van der Waals surface area contributed by atoms with Crippen molar-refractivity contribution in [3.8, 4) is 11.5 Å². The highest BCUT2D eigenvalue weighted by Crippen LogP contribution is 2.29. The van der Waals surface area contributed by atoms with E-state index in [-0.39, 0.29) is 0 Å². The number of benzene rings is 2. The lowest BCUT2D eigenvalue weighted by atomic mass is 10.1. The fourth-order valence-corrected chi connectivity index (χ4v) is 2.92. The van der Waals surface area contributed by atoms with Gasteiger partial charge in [0.25, 0.3) is 0 Å². The molecule has 4 heteroatoms. The van der Waals surface area contributed by atoms with Crippen LogP contribution in [0.5, 0.6) is 0 Å². The number of nitrogens with zero attached hydrogens (tertiary/aromatic N) is 3. The Morgan fingerprint density at radius 3 is 2.52 bits per heavy atom. The molecule has 0 saturated heterocycles. The zero-order valence-corrected chi connectivity index (χ0v) is 12.1. The Balaban J connectivity index is 1.84. The normalized spacial score (nSPS) is 11.5. The summed E-state index contributed by atoms with van der Waals surface area (Å²) in [6, 6.07) is 18.0. The van der Waals surface area contributed by atoms with Gasteiger partial charge in [-0.1, -0.05) is 36.4 Å². The molecular weight excluding hydrogens is 286 g/mol. The number of rotatable bonds is 1. The van der Waals surface area contributed by atoms with Crippen molar-refractivity contribution in [2.75, 3.05) is 0 Å². The van der Waals surface area contributed by atoms with Crippen LogP contribution in [0, 0.1) is 0 Å². The van der Waals surface area contributed by atoms with Crippen molar-refractivity contribution in [2.24, 2.45) is 0 Å². The third-order valence-electron chi connectivity index (χ3n) is 4.00. The number of hydrogen-bond donors (Lipinski definition) is 0. The van der Waals surface area contributed by atoms with Crippen LogP contribution in [-0.4, -0.2) is 15.0 Å². The van der Waals surface area contributed by atoms with E-state index in [0.717, 1.165) is 33.0 Å². The van der Waals surface area contributed by atoms with Crippen LogP contribution in [0.1, 0.15) is 0 Å². The summed E-state index contributed by atoms with van der Waals surface area (Å²) in [6.07, 6.45) is 3.51. The summed E-state index contributed by atoms with van der Waals surface area (Å²) in [5.41, 5.74) is 3.12. The monoisotopic (exact) mass is 297 g/mol. The second-order valence-corrected chi connectivity index (χ2v) is 5.39. The zero-order chi connectivity index (χ0) is 15.2. The predicted molar refractivity (Wildman–Crippen MR) is 90.0 cm³/mol. The molecule has 2 aromatic carbocycles. The van der Waals surface area contributed by atoms with Crippen LogP contribution < -0.4 is 0 Å². The molecule has 0 fully saturated rings. The zero-order valence-electron chi connectivity index (χ0n) is 12.1. The first kappa shape index (κ1) is 12.3. The number of pyridine rings is 1. The molecule has 0 bridgehead atoms. The Morgan fingerprint density at radius 2 is 1.57 bits per heavy atom. The van der Waals surface area contributed by atoms with Crippen LogP contribution >= 0.6 is 0 Å². The summed E-state index contributed by atoms with van der Waals surface area (Å²) >= 11 is 0. The van der Waals surface area contributed by atoms with Gasteiger partial charge in [0.05, 0.1) is 6.20 Å². The Morgan fingerprint density at radius 1 is 0.739 bits per heavy atom.